The Kier molecular flexibility index (Phi) is 17.0. The van der Waals surface area contributed by atoms with Crippen molar-refractivity contribution in [1.29, 1.82) is 0 Å². The van der Waals surface area contributed by atoms with Crippen LogP contribution < -0.4 is 38.1 Å². The van der Waals surface area contributed by atoms with Crippen LogP contribution in [0.15, 0.2) is 72.2 Å². The molecule has 0 aliphatic rings. The van der Waals surface area contributed by atoms with Crippen molar-refractivity contribution >= 4 is 33.6 Å². The molecule has 39 heavy (non-hydrogen) atoms. The van der Waals surface area contributed by atoms with Crippen molar-refractivity contribution in [3.05, 3.63) is 72.7 Å². The Morgan fingerprint density at radius 1 is 0.949 bits per heavy atom. The van der Waals surface area contributed by atoms with Crippen molar-refractivity contribution in [2.45, 2.75) is 38.0 Å². The molecule has 0 bridgehead atoms. The van der Waals surface area contributed by atoms with Crippen LogP contribution >= 0.6 is 15.9 Å². The molecule has 0 aliphatic carbocycles. The van der Waals surface area contributed by atoms with E-state index in [0.29, 0.717) is 49.4 Å². The molecule has 0 spiro atoms. The summed E-state index contributed by atoms with van der Waals surface area (Å²) >= 11 is 3.06. The van der Waals surface area contributed by atoms with Crippen molar-refractivity contribution in [1.82, 2.24) is 26.6 Å². The lowest BCUT2D eigenvalue weighted by Crippen LogP contribution is -2.41. The molecule has 1 aromatic rings. The third kappa shape index (κ3) is 17.0. The third-order valence-corrected chi connectivity index (χ3v) is 5.86. The number of benzene rings is 1. The van der Waals surface area contributed by atoms with Crippen LogP contribution in [-0.4, -0.2) is 73.1 Å². The number of aliphatic hydroxyl groups excluding tert-OH is 1. The van der Waals surface area contributed by atoms with E-state index in [1.807, 2.05) is 30.3 Å². The minimum atomic E-state index is -0.812. The maximum Gasteiger partial charge on any atom is 0.245 e. The molecule has 0 saturated carbocycles. The van der Waals surface area contributed by atoms with Crippen molar-refractivity contribution in [2.75, 3.05) is 38.1 Å². The van der Waals surface area contributed by atoms with Gasteiger partial charge in [0.2, 0.25) is 11.8 Å². The fraction of sp³-hybridized carbons (Fsp3) is 0.444. The number of allylic oxidation sites excluding steroid dienone is 1. The molecule has 2 amide bonds. The van der Waals surface area contributed by atoms with Gasteiger partial charge in [-0.1, -0.05) is 66.0 Å². The minimum Gasteiger partial charge on any atom is -0.403 e. The molecule has 10 N–H and O–H groups in total. The Bertz CT molecular complexity index is 971. The number of hydrogen-bond donors (Lipinski definition) is 8. The van der Waals surface area contributed by atoms with E-state index in [1.165, 1.54) is 0 Å². The van der Waals surface area contributed by atoms with Crippen LogP contribution in [0.2, 0.25) is 0 Å². The molecular formula is C27H43BrN8O3. The van der Waals surface area contributed by atoms with Gasteiger partial charge in [0.25, 0.3) is 0 Å². The normalized spacial score (nSPS) is 12.6. The zero-order chi connectivity index (χ0) is 29.0. The fourth-order valence-electron chi connectivity index (χ4n) is 3.25. The molecule has 0 radical (unpaired) electrons. The van der Waals surface area contributed by atoms with E-state index in [-0.39, 0.29) is 42.6 Å². The Balaban J connectivity index is 2.58. The number of nitrogens with one attached hydrogen (secondary N) is 5. The quantitative estimate of drug-likeness (QED) is 0.0324. The number of amidine groups is 1. The van der Waals surface area contributed by atoms with Crippen molar-refractivity contribution in [3.63, 3.8) is 0 Å². The molecule has 0 fully saturated rings. The number of amides is 2. The molecule has 0 aromatic heterocycles. The maximum absolute atomic E-state index is 13.0. The number of alkyl halides is 1. The topological polar surface area (TPSA) is 179 Å². The summed E-state index contributed by atoms with van der Waals surface area (Å²) in [7, 11) is 0. The number of rotatable bonds is 21. The summed E-state index contributed by atoms with van der Waals surface area (Å²) in [6.45, 7) is 13.3. The largest absolute Gasteiger partial charge is 0.403 e. The lowest BCUT2D eigenvalue weighted by Gasteiger charge is -2.17. The van der Waals surface area contributed by atoms with Gasteiger partial charge in [-0.05, 0) is 18.4 Å². The third-order valence-electron chi connectivity index (χ3n) is 5.35. The molecule has 1 aromatic carbocycles. The molecule has 2 atom stereocenters. The predicted molar refractivity (Wildman–Crippen MR) is 161 cm³/mol. The standard InChI is InChI=1S/C27H43BrN8O3/c1-19(29)8-7-12-31-20(2)17-35-27(39)23(14-22-9-5-4-6-10-22)36-24(30)18-33-21(3)16-34-25(37)11-13-32-26(38)15-28/h4-6,9-10,23,25,31,33-34,37H,1-3,7-8,11-18,29H2,(H2,30,36)(H,32,38)(H,35,39)/t23-,25?/m0/s1. The summed E-state index contributed by atoms with van der Waals surface area (Å²) in [6, 6.07) is 8.85. The Hall–Kier alpha value is -3.35. The van der Waals surface area contributed by atoms with Gasteiger partial charge in [-0.25, -0.2) is 0 Å². The second-order valence-corrected chi connectivity index (χ2v) is 9.52. The number of nitrogens with zero attached hydrogens (tertiary/aromatic N) is 1. The van der Waals surface area contributed by atoms with Crippen LogP contribution in [0.1, 0.15) is 24.8 Å². The Morgan fingerprint density at radius 3 is 2.31 bits per heavy atom. The van der Waals surface area contributed by atoms with E-state index in [1.54, 1.807) is 0 Å². The first-order valence-electron chi connectivity index (χ1n) is 12.7. The van der Waals surface area contributed by atoms with Crippen molar-refractivity contribution in [3.8, 4) is 0 Å². The number of nitrogens with two attached hydrogens (primary N) is 2. The molecule has 12 heteroatoms. The molecule has 1 rings (SSSR count). The number of hydrogen-bond acceptors (Lipinski definition) is 8. The summed E-state index contributed by atoms with van der Waals surface area (Å²) in [5.74, 6) is -0.172. The average Bonchev–Trinajstić information content (AvgIpc) is 2.91. The van der Waals surface area contributed by atoms with Gasteiger partial charge in [0.1, 0.15) is 18.1 Å². The first-order valence-corrected chi connectivity index (χ1v) is 13.9. The smallest absolute Gasteiger partial charge is 0.245 e. The van der Waals surface area contributed by atoms with Gasteiger partial charge in [0.05, 0.1) is 18.4 Å². The van der Waals surface area contributed by atoms with Gasteiger partial charge in [0.15, 0.2) is 0 Å². The van der Waals surface area contributed by atoms with Crippen LogP contribution in [0.25, 0.3) is 0 Å². The van der Waals surface area contributed by atoms with Gasteiger partial charge >= 0.3 is 0 Å². The van der Waals surface area contributed by atoms with Crippen molar-refractivity contribution < 1.29 is 14.7 Å². The van der Waals surface area contributed by atoms with E-state index in [9.17, 15) is 14.7 Å². The molecule has 11 nitrogen and oxygen atoms in total. The van der Waals surface area contributed by atoms with Gasteiger partial charge < -0.3 is 37.8 Å². The second-order valence-electron chi connectivity index (χ2n) is 8.96. The second kappa shape index (κ2) is 19.7. The van der Waals surface area contributed by atoms with Crippen molar-refractivity contribution in [2.24, 2.45) is 16.5 Å². The van der Waals surface area contributed by atoms with Gasteiger partial charge in [0, 0.05) is 49.6 Å². The molecule has 0 saturated heterocycles. The summed E-state index contributed by atoms with van der Waals surface area (Å²) < 4.78 is 0. The van der Waals surface area contributed by atoms with Crippen LogP contribution in [-0.2, 0) is 16.0 Å². The molecular weight excluding hydrogens is 564 g/mol. The first kappa shape index (κ1) is 33.7. The van der Waals surface area contributed by atoms with Crippen LogP contribution in [0.4, 0.5) is 0 Å². The van der Waals surface area contributed by atoms with Gasteiger partial charge in [-0.2, -0.15) is 0 Å². The van der Waals surface area contributed by atoms with E-state index < -0.39 is 12.3 Å². The molecule has 1 unspecified atom stereocenters. The highest BCUT2D eigenvalue weighted by atomic mass is 79.9. The van der Waals surface area contributed by atoms with E-state index in [4.69, 9.17) is 11.5 Å². The SMILES string of the molecule is C=C(N)CCCNC(=C)CNC(=O)[C@H](Cc1ccccc1)N=C(N)CNC(=C)CNC(O)CCNC(=O)CBr. The zero-order valence-electron chi connectivity index (χ0n) is 22.5. The Labute approximate surface area is 239 Å². The predicted octanol–water partition coefficient (Wildman–Crippen LogP) is 0.340. The summed E-state index contributed by atoms with van der Waals surface area (Å²) in [4.78, 5) is 28.7. The highest BCUT2D eigenvalue weighted by Gasteiger charge is 2.19. The zero-order valence-corrected chi connectivity index (χ0v) is 24.1. The van der Waals surface area contributed by atoms with Crippen LogP contribution in [0.3, 0.4) is 0 Å². The average molecular weight is 608 g/mol. The van der Waals surface area contributed by atoms with Gasteiger partial charge in [-0.3, -0.25) is 19.9 Å². The van der Waals surface area contributed by atoms with Crippen LogP contribution in [0.5, 0.6) is 0 Å². The highest BCUT2D eigenvalue weighted by molar-refractivity contribution is 9.09. The summed E-state index contributed by atoms with van der Waals surface area (Å²) in [5.41, 5.74) is 14.6. The summed E-state index contributed by atoms with van der Waals surface area (Å²) in [5, 5.41) is 24.9. The highest BCUT2D eigenvalue weighted by Crippen LogP contribution is 2.07. The first-order chi connectivity index (χ1) is 18.6. The maximum atomic E-state index is 13.0. The molecule has 216 valence electrons. The number of carbonyl (C=O) groups excluding carboxylic acids is 2. The molecule has 0 heterocycles. The van der Waals surface area contributed by atoms with E-state index >= 15 is 0 Å². The number of carbonyl (C=O) groups is 2. The number of aliphatic hydroxyl groups is 1. The lowest BCUT2D eigenvalue weighted by atomic mass is 10.1. The Morgan fingerprint density at radius 2 is 1.64 bits per heavy atom. The van der Waals surface area contributed by atoms with Crippen LogP contribution in [0, 0.1) is 0 Å². The molecule has 0 aliphatic heterocycles. The minimum absolute atomic E-state index is 0.144. The number of halogens is 1. The van der Waals surface area contributed by atoms with E-state index in [2.05, 4.69) is 67.2 Å². The monoisotopic (exact) mass is 606 g/mol. The van der Waals surface area contributed by atoms with Gasteiger partial charge in [-0.15, -0.1) is 0 Å². The van der Waals surface area contributed by atoms with E-state index in [0.717, 1.165) is 12.0 Å². The number of aliphatic imine (C=N–C) groups is 1. The lowest BCUT2D eigenvalue weighted by molar-refractivity contribution is -0.122. The fourth-order valence-corrected chi connectivity index (χ4v) is 3.45. The summed E-state index contributed by atoms with van der Waals surface area (Å²) in [6.07, 6.45) is 1.45.